The SMILES string of the molecule is COc1ccc(NC(=O)CN(C)CC(=O)N[C@H](c2ccccc2)c2cccs2)cc1. The van der Waals surface area contributed by atoms with Gasteiger partial charge in [-0.2, -0.15) is 0 Å². The van der Waals surface area contributed by atoms with Gasteiger partial charge in [0.1, 0.15) is 5.75 Å². The van der Waals surface area contributed by atoms with Crippen molar-refractivity contribution in [2.24, 2.45) is 0 Å². The van der Waals surface area contributed by atoms with E-state index in [2.05, 4.69) is 10.6 Å². The molecule has 1 aromatic heterocycles. The monoisotopic (exact) mass is 423 g/mol. The van der Waals surface area contributed by atoms with Crippen LogP contribution in [0.1, 0.15) is 16.5 Å². The summed E-state index contributed by atoms with van der Waals surface area (Å²) in [6.45, 7) is 0.221. The molecule has 2 aromatic carbocycles. The molecule has 156 valence electrons. The number of methoxy groups -OCH3 is 1. The highest BCUT2D eigenvalue weighted by Crippen LogP contribution is 2.25. The molecule has 0 aliphatic heterocycles. The number of amides is 2. The zero-order chi connectivity index (χ0) is 21.3. The maximum Gasteiger partial charge on any atom is 0.238 e. The van der Waals surface area contributed by atoms with E-state index in [1.54, 1.807) is 54.7 Å². The van der Waals surface area contributed by atoms with Crippen molar-refractivity contribution < 1.29 is 14.3 Å². The second-order valence-corrected chi connectivity index (χ2v) is 7.85. The minimum absolute atomic E-state index is 0.106. The van der Waals surface area contributed by atoms with E-state index in [1.807, 2.05) is 47.8 Å². The van der Waals surface area contributed by atoms with Gasteiger partial charge in [0.05, 0.1) is 26.2 Å². The summed E-state index contributed by atoms with van der Waals surface area (Å²) in [4.78, 5) is 27.7. The number of hydrogen-bond acceptors (Lipinski definition) is 5. The zero-order valence-corrected chi connectivity index (χ0v) is 17.8. The van der Waals surface area contributed by atoms with Gasteiger partial charge in [0, 0.05) is 10.6 Å². The van der Waals surface area contributed by atoms with E-state index >= 15 is 0 Å². The van der Waals surface area contributed by atoms with Gasteiger partial charge in [0.2, 0.25) is 11.8 Å². The molecule has 0 bridgehead atoms. The quantitative estimate of drug-likeness (QED) is 0.552. The molecule has 0 fully saturated rings. The van der Waals surface area contributed by atoms with Crippen LogP contribution in [0.15, 0.2) is 72.1 Å². The summed E-state index contributed by atoms with van der Waals surface area (Å²) in [5.41, 5.74) is 1.70. The molecule has 0 saturated heterocycles. The number of nitrogens with zero attached hydrogens (tertiary/aromatic N) is 1. The van der Waals surface area contributed by atoms with E-state index in [4.69, 9.17) is 4.74 Å². The van der Waals surface area contributed by atoms with Crippen molar-refractivity contribution in [1.82, 2.24) is 10.2 Å². The number of carbonyl (C=O) groups excluding carboxylic acids is 2. The third kappa shape index (κ3) is 6.17. The Morgan fingerprint density at radius 2 is 1.67 bits per heavy atom. The Labute approximate surface area is 180 Å². The fourth-order valence-corrected chi connectivity index (χ4v) is 3.85. The Kier molecular flexibility index (Phi) is 7.59. The fourth-order valence-electron chi connectivity index (χ4n) is 3.05. The normalized spacial score (nSPS) is 11.7. The standard InChI is InChI=1S/C23H25N3O3S/c1-26(15-21(27)24-18-10-12-19(29-2)13-11-18)16-22(28)25-23(20-9-6-14-30-20)17-7-4-3-5-8-17/h3-14,23H,15-16H2,1-2H3,(H,24,27)(H,25,28)/t23-/m1/s1. The minimum Gasteiger partial charge on any atom is -0.497 e. The van der Waals surface area contributed by atoms with E-state index in [1.165, 1.54) is 0 Å². The molecule has 0 aliphatic carbocycles. The van der Waals surface area contributed by atoms with Crippen LogP contribution < -0.4 is 15.4 Å². The predicted molar refractivity (Wildman–Crippen MR) is 120 cm³/mol. The average molecular weight is 424 g/mol. The van der Waals surface area contributed by atoms with Crippen molar-refractivity contribution >= 4 is 28.8 Å². The fraction of sp³-hybridized carbons (Fsp3) is 0.217. The van der Waals surface area contributed by atoms with Crippen LogP contribution in [0.4, 0.5) is 5.69 Å². The summed E-state index contributed by atoms with van der Waals surface area (Å²) in [6.07, 6.45) is 0. The van der Waals surface area contributed by atoms with E-state index in [0.717, 1.165) is 16.2 Å². The molecule has 3 rings (SSSR count). The first kappa shape index (κ1) is 21.5. The van der Waals surface area contributed by atoms with E-state index in [9.17, 15) is 9.59 Å². The van der Waals surface area contributed by atoms with Gasteiger partial charge in [-0.25, -0.2) is 0 Å². The molecule has 3 aromatic rings. The molecular formula is C23H25N3O3S. The third-order valence-corrected chi connectivity index (χ3v) is 5.40. The molecule has 1 atom stereocenters. The van der Waals surface area contributed by atoms with Gasteiger partial charge >= 0.3 is 0 Å². The van der Waals surface area contributed by atoms with Crippen LogP contribution in [0.2, 0.25) is 0 Å². The Hall–Kier alpha value is -3.16. The smallest absolute Gasteiger partial charge is 0.238 e. The summed E-state index contributed by atoms with van der Waals surface area (Å²) in [5.74, 6) is 0.394. The second-order valence-electron chi connectivity index (χ2n) is 6.88. The second kappa shape index (κ2) is 10.6. The Morgan fingerprint density at radius 1 is 0.967 bits per heavy atom. The molecule has 0 aliphatic rings. The van der Waals surface area contributed by atoms with Crippen LogP contribution in [0.3, 0.4) is 0 Å². The van der Waals surface area contributed by atoms with Gasteiger partial charge in [0.25, 0.3) is 0 Å². The molecule has 6 nitrogen and oxygen atoms in total. The van der Waals surface area contributed by atoms with Crippen molar-refractivity contribution in [3.63, 3.8) is 0 Å². The van der Waals surface area contributed by atoms with Gasteiger partial charge in [-0.15, -0.1) is 11.3 Å². The first-order valence-corrected chi connectivity index (χ1v) is 10.4. The number of anilines is 1. The molecule has 0 spiro atoms. The summed E-state index contributed by atoms with van der Waals surface area (Å²) in [7, 11) is 3.34. The molecule has 0 saturated carbocycles. The maximum absolute atomic E-state index is 12.6. The highest BCUT2D eigenvalue weighted by atomic mass is 32.1. The van der Waals surface area contributed by atoms with Crippen molar-refractivity contribution in [3.8, 4) is 5.75 Å². The Bertz CT molecular complexity index is 944. The van der Waals surface area contributed by atoms with Crippen LogP contribution in [0.25, 0.3) is 0 Å². The number of benzene rings is 2. The van der Waals surface area contributed by atoms with Crippen molar-refractivity contribution in [1.29, 1.82) is 0 Å². The average Bonchev–Trinajstić information content (AvgIpc) is 3.27. The van der Waals surface area contributed by atoms with Crippen LogP contribution in [0, 0.1) is 0 Å². The van der Waals surface area contributed by atoms with Crippen LogP contribution in [0.5, 0.6) is 5.75 Å². The lowest BCUT2D eigenvalue weighted by Crippen LogP contribution is -2.40. The third-order valence-electron chi connectivity index (χ3n) is 4.47. The number of nitrogens with one attached hydrogen (secondary N) is 2. The number of rotatable bonds is 9. The van der Waals surface area contributed by atoms with Crippen LogP contribution in [-0.2, 0) is 9.59 Å². The molecule has 0 radical (unpaired) electrons. The number of likely N-dealkylation sites (N-methyl/N-ethyl adjacent to an activating group) is 1. The molecule has 0 unspecified atom stereocenters. The number of hydrogen-bond donors (Lipinski definition) is 2. The van der Waals surface area contributed by atoms with Crippen LogP contribution in [-0.4, -0.2) is 44.0 Å². The highest BCUT2D eigenvalue weighted by molar-refractivity contribution is 7.10. The van der Waals surface area contributed by atoms with Crippen molar-refractivity contribution in [3.05, 3.63) is 82.6 Å². The first-order valence-electron chi connectivity index (χ1n) is 9.55. The maximum atomic E-state index is 12.6. The number of carbonyl (C=O) groups is 2. The highest BCUT2D eigenvalue weighted by Gasteiger charge is 2.19. The molecular weight excluding hydrogens is 398 g/mol. The Balaban J connectivity index is 1.54. The summed E-state index contributed by atoms with van der Waals surface area (Å²) >= 11 is 1.60. The van der Waals surface area contributed by atoms with E-state index < -0.39 is 0 Å². The van der Waals surface area contributed by atoms with Gasteiger partial charge in [0.15, 0.2) is 0 Å². The lowest BCUT2D eigenvalue weighted by molar-refractivity contribution is -0.123. The van der Waals surface area contributed by atoms with E-state index in [-0.39, 0.29) is 30.9 Å². The topological polar surface area (TPSA) is 70.7 Å². The predicted octanol–water partition coefficient (Wildman–Crippen LogP) is 3.53. The number of thiophene rings is 1. The first-order chi connectivity index (χ1) is 14.5. The van der Waals surface area contributed by atoms with Crippen molar-refractivity contribution in [2.45, 2.75) is 6.04 Å². The van der Waals surface area contributed by atoms with Crippen LogP contribution >= 0.6 is 11.3 Å². The molecule has 7 heteroatoms. The largest absolute Gasteiger partial charge is 0.497 e. The van der Waals surface area contributed by atoms with E-state index in [0.29, 0.717) is 5.69 Å². The molecule has 1 heterocycles. The molecule has 30 heavy (non-hydrogen) atoms. The van der Waals surface area contributed by atoms with Gasteiger partial charge in [-0.3, -0.25) is 14.5 Å². The summed E-state index contributed by atoms with van der Waals surface area (Å²) in [5, 5.41) is 7.90. The van der Waals surface area contributed by atoms with Gasteiger partial charge in [-0.1, -0.05) is 36.4 Å². The lowest BCUT2D eigenvalue weighted by atomic mass is 10.1. The van der Waals surface area contributed by atoms with Crippen molar-refractivity contribution in [2.75, 3.05) is 32.6 Å². The summed E-state index contributed by atoms with van der Waals surface area (Å²) in [6, 6.07) is 20.7. The minimum atomic E-state index is -0.208. The summed E-state index contributed by atoms with van der Waals surface area (Å²) < 4.78 is 5.11. The number of ether oxygens (including phenoxy) is 1. The van der Waals surface area contributed by atoms with Gasteiger partial charge < -0.3 is 15.4 Å². The molecule has 2 amide bonds. The molecule has 2 N–H and O–H groups in total. The van der Waals surface area contributed by atoms with Gasteiger partial charge in [-0.05, 0) is 48.3 Å². The zero-order valence-electron chi connectivity index (χ0n) is 17.0. The Morgan fingerprint density at radius 3 is 2.30 bits per heavy atom. The lowest BCUT2D eigenvalue weighted by Gasteiger charge is -2.21.